The fourth-order valence-electron chi connectivity index (χ4n) is 10.6. The molecule has 0 N–H and O–H groups in total. The van der Waals surface area contributed by atoms with Gasteiger partial charge < -0.3 is 18.6 Å². The van der Waals surface area contributed by atoms with Gasteiger partial charge in [-0.1, -0.05) is 153 Å². The van der Waals surface area contributed by atoms with Gasteiger partial charge >= 0.3 is 0 Å². The number of hydrogen-bond acceptors (Lipinski definition) is 6. The van der Waals surface area contributed by atoms with Gasteiger partial charge in [0.25, 0.3) is 0 Å². The third-order valence-corrected chi connectivity index (χ3v) is 14.0. The lowest BCUT2D eigenvalue weighted by Crippen LogP contribution is -2.25. The molecule has 9 rings (SSSR count). The van der Waals surface area contributed by atoms with Crippen LogP contribution in [0.4, 0.5) is 11.4 Å². The zero-order valence-corrected chi connectivity index (χ0v) is 38.8. The molecule has 0 unspecified atom stereocenters. The topological polar surface area (TPSA) is 66.9 Å². The van der Waals surface area contributed by atoms with Gasteiger partial charge in [0, 0.05) is 92.8 Å². The number of benzene rings is 7. The lowest BCUT2D eigenvalue weighted by molar-refractivity contribution is 0.608. The fraction of sp³-hybridized carbons (Fsp3) is 0.414. The number of anilines is 2. The second-order valence-electron chi connectivity index (χ2n) is 18.4. The van der Waals surface area contributed by atoms with E-state index in [1.165, 1.54) is 77.0 Å². The first-order chi connectivity index (χ1) is 31.5. The summed E-state index contributed by atoms with van der Waals surface area (Å²) in [6, 6.07) is 29.1. The third-order valence-electron chi connectivity index (χ3n) is 14.0. The predicted molar refractivity (Wildman–Crippen MR) is 276 cm³/mol. The summed E-state index contributed by atoms with van der Waals surface area (Å²) < 4.78 is 14.3. The Morgan fingerprint density at radius 3 is 1.05 bits per heavy atom. The van der Waals surface area contributed by atoms with Crippen LogP contribution in [-0.4, -0.2) is 26.2 Å². The Morgan fingerprint density at radius 1 is 0.359 bits per heavy atom. The first-order valence-electron chi connectivity index (χ1n) is 24.9. The molecule has 0 bridgehead atoms. The number of fused-ring (bicyclic) bond motifs is 10. The van der Waals surface area contributed by atoms with Gasteiger partial charge in [0.2, 0.25) is 0 Å². The maximum absolute atomic E-state index is 15.2. The normalized spacial score (nSPS) is 12.2. The van der Waals surface area contributed by atoms with Crippen LogP contribution >= 0.6 is 0 Å². The van der Waals surface area contributed by atoms with Crippen LogP contribution in [0.15, 0.2) is 103 Å². The van der Waals surface area contributed by atoms with Gasteiger partial charge in [-0.3, -0.25) is 9.59 Å². The van der Waals surface area contributed by atoms with Crippen molar-refractivity contribution < 1.29 is 8.83 Å². The predicted octanol–water partition coefficient (Wildman–Crippen LogP) is 16.2. The molecule has 7 aromatic carbocycles. The molecule has 0 aliphatic carbocycles. The molecule has 0 radical (unpaired) electrons. The summed E-state index contributed by atoms with van der Waals surface area (Å²) in [5, 5.41) is 8.95. The van der Waals surface area contributed by atoms with Gasteiger partial charge in [0.05, 0.1) is 10.8 Å². The van der Waals surface area contributed by atoms with Gasteiger partial charge in [-0.2, -0.15) is 0 Å². The number of unbranched alkanes of at least 4 members (excludes halogenated alkanes) is 12. The molecule has 0 saturated carbocycles. The highest BCUT2D eigenvalue weighted by Crippen LogP contribution is 2.47. The summed E-state index contributed by atoms with van der Waals surface area (Å²) in [5.41, 5.74) is 4.38. The quantitative estimate of drug-likeness (QED) is 0.0384. The summed E-state index contributed by atoms with van der Waals surface area (Å²) in [6.07, 6.45) is 19.2. The zero-order valence-electron chi connectivity index (χ0n) is 38.8. The van der Waals surface area contributed by atoms with Crippen molar-refractivity contribution in [1.29, 1.82) is 0 Å². The summed E-state index contributed by atoms with van der Waals surface area (Å²) in [4.78, 5) is 35.4. The minimum absolute atomic E-state index is 0.110. The average Bonchev–Trinajstić information content (AvgIpc) is 3.32. The molecular formula is C58H66N2O4. The van der Waals surface area contributed by atoms with E-state index < -0.39 is 0 Å². The molecule has 0 fully saturated rings. The second kappa shape index (κ2) is 19.6. The molecule has 0 aliphatic rings. The van der Waals surface area contributed by atoms with E-state index in [2.05, 4.69) is 73.9 Å². The highest BCUT2D eigenvalue weighted by Gasteiger charge is 2.28. The Bertz CT molecular complexity index is 2960. The van der Waals surface area contributed by atoms with E-state index in [1.807, 2.05) is 48.5 Å². The first kappa shape index (κ1) is 43.6. The van der Waals surface area contributed by atoms with E-state index in [0.717, 1.165) is 95.6 Å². The molecule has 6 nitrogen and oxygen atoms in total. The standard InChI is InChI=1S/C58H66N2O4/c1-5-9-13-21-33-59(34-22-14-10-6-2)39-29-31-45-47(37-39)63-57-51-49(45)41-25-17-19-27-43(41)56(62)54(51)58-52-50(42-26-18-20-28-44(42)55(61)53(52)57)46-32-30-40(38-48(46)64-58)60(35-23-15-11-7-3)36-24-16-12-8-4/h17-20,25-32,37-38H,5-16,21-24,33-36H2,1-4H3. The van der Waals surface area contributed by atoms with E-state index in [0.29, 0.717) is 54.6 Å². The van der Waals surface area contributed by atoms with Crippen LogP contribution in [0.3, 0.4) is 0 Å². The average molecular weight is 855 g/mol. The lowest BCUT2D eigenvalue weighted by Gasteiger charge is -2.26. The van der Waals surface area contributed by atoms with E-state index in [9.17, 15) is 0 Å². The molecule has 0 amide bonds. The first-order valence-corrected chi connectivity index (χ1v) is 24.9. The van der Waals surface area contributed by atoms with Crippen LogP contribution in [0.5, 0.6) is 0 Å². The highest BCUT2D eigenvalue weighted by atomic mass is 16.3. The molecule has 2 heterocycles. The molecular weight excluding hydrogens is 789 g/mol. The van der Waals surface area contributed by atoms with E-state index in [-0.39, 0.29) is 10.9 Å². The Hall–Kier alpha value is -5.62. The van der Waals surface area contributed by atoms with Crippen LogP contribution in [0, 0.1) is 0 Å². The van der Waals surface area contributed by atoms with Crippen molar-refractivity contribution in [2.75, 3.05) is 36.0 Å². The van der Waals surface area contributed by atoms with Gasteiger partial charge in [0.15, 0.2) is 10.9 Å². The van der Waals surface area contributed by atoms with E-state index >= 15 is 9.59 Å². The van der Waals surface area contributed by atoms with Gasteiger partial charge in [-0.25, -0.2) is 0 Å². The minimum Gasteiger partial charge on any atom is -0.455 e. The highest BCUT2D eigenvalue weighted by molar-refractivity contribution is 6.41. The smallest absolute Gasteiger partial charge is 0.198 e. The Balaban J connectivity index is 1.34. The third kappa shape index (κ3) is 8.07. The molecule has 2 aromatic heterocycles. The lowest BCUT2D eigenvalue weighted by atomic mass is 9.88. The van der Waals surface area contributed by atoms with Crippen molar-refractivity contribution in [2.45, 2.75) is 130 Å². The monoisotopic (exact) mass is 855 g/mol. The van der Waals surface area contributed by atoms with E-state index in [4.69, 9.17) is 8.83 Å². The van der Waals surface area contributed by atoms with Crippen molar-refractivity contribution in [1.82, 2.24) is 0 Å². The molecule has 0 saturated heterocycles. The van der Waals surface area contributed by atoms with Crippen LogP contribution in [-0.2, 0) is 0 Å². The number of rotatable bonds is 22. The fourth-order valence-corrected chi connectivity index (χ4v) is 10.6. The van der Waals surface area contributed by atoms with Crippen LogP contribution < -0.4 is 20.7 Å². The molecule has 64 heavy (non-hydrogen) atoms. The SMILES string of the molecule is CCCCCCN(CCCCCC)c1ccc2c(c1)oc1c3c(=O)c4ccccc4c4c5ccc(N(CCCCCC)CCCCCC)cc5oc(c5c(=O)c6ccccc6c2c15)c34. The van der Waals surface area contributed by atoms with Crippen LogP contribution in [0.2, 0.25) is 0 Å². The van der Waals surface area contributed by atoms with Crippen molar-refractivity contribution in [3.63, 3.8) is 0 Å². The minimum atomic E-state index is -0.110. The molecule has 0 spiro atoms. The molecule has 6 heteroatoms. The Kier molecular flexibility index (Phi) is 13.4. The summed E-state index contributed by atoms with van der Waals surface area (Å²) >= 11 is 0. The Morgan fingerprint density at radius 2 is 0.703 bits per heavy atom. The molecule has 0 aliphatic heterocycles. The van der Waals surface area contributed by atoms with Gasteiger partial charge in [0.1, 0.15) is 22.3 Å². The maximum Gasteiger partial charge on any atom is 0.198 e. The van der Waals surface area contributed by atoms with E-state index in [1.54, 1.807) is 0 Å². The number of hydrogen-bond donors (Lipinski definition) is 0. The van der Waals surface area contributed by atoms with Gasteiger partial charge in [-0.15, -0.1) is 0 Å². The van der Waals surface area contributed by atoms with Crippen molar-refractivity contribution >= 4 is 98.3 Å². The van der Waals surface area contributed by atoms with Crippen LogP contribution in [0.1, 0.15) is 130 Å². The maximum atomic E-state index is 15.2. The molecule has 332 valence electrons. The Labute approximate surface area is 377 Å². The van der Waals surface area contributed by atoms with Gasteiger partial charge in [-0.05, 0) is 60.7 Å². The summed E-state index contributed by atoms with van der Waals surface area (Å²) in [7, 11) is 0. The van der Waals surface area contributed by atoms with Crippen LogP contribution in [0.25, 0.3) is 87.0 Å². The van der Waals surface area contributed by atoms with Crippen molar-refractivity contribution in [3.8, 4) is 0 Å². The summed E-state index contributed by atoms with van der Waals surface area (Å²) in [6.45, 7) is 13.0. The molecule has 0 atom stereocenters. The van der Waals surface area contributed by atoms with Crippen molar-refractivity contribution in [3.05, 3.63) is 105 Å². The summed E-state index contributed by atoms with van der Waals surface area (Å²) in [5.74, 6) is 0. The second-order valence-corrected chi connectivity index (χ2v) is 18.4. The number of nitrogens with zero attached hydrogens (tertiary/aromatic N) is 2. The molecule has 9 aromatic rings. The van der Waals surface area contributed by atoms with Crippen molar-refractivity contribution in [2.24, 2.45) is 0 Å². The largest absolute Gasteiger partial charge is 0.455 e. The zero-order chi connectivity index (χ0) is 44.2.